The Kier molecular flexibility index (Phi) is 4.25. The molecule has 6 nitrogen and oxygen atoms in total. The van der Waals surface area contributed by atoms with Gasteiger partial charge in [0.15, 0.2) is 6.10 Å². The van der Waals surface area contributed by atoms with Gasteiger partial charge in [-0.15, -0.1) is 0 Å². The SMILES string of the molecule is CC1C(C)S(=O)CCN1C(=O)[C@@H]1CC[C@H](C(=O)O)O1. The number of ether oxygens (including phenoxy) is 1. The van der Waals surface area contributed by atoms with E-state index in [0.717, 1.165) is 0 Å². The molecule has 1 N–H and O–H groups in total. The molecule has 2 fully saturated rings. The third-order valence-electron chi connectivity index (χ3n) is 3.97. The first kappa shape index (κ1) is 14.5. The number of amides is 1. The van der Waals surface area contributed by atoms with Gasteiger partial charge in [-0.05, 0) is 26.7 Å². The van der Waals surface area contributed by atoms with Crippen LogP contribution in [0.3, 0.4) is 0 Å². The van der Waals surface area contributed by atoms with Gasteiger partial charge >= 0.3 is 5.97 Å². The molecule has 0 radical (unpaired) electrons. The summed E-state index contributed by atoms with van der Waals surface area (Å²) in [5, 5.41) is 8.80. The molecule has 0 saturated carbocycles. The highest BCUT2D eigenvalue weighted by Crippen LogP contribution is 2.25. The van der Waals surface area contributed by atoms with E-state index in [9.17, 15) is 13.8 Å². The van der Waals surface area contributed by atoms with Gasteiger partial charge in [0, 0.05) is 29.1 Å². The van der Waals surface area contributed by atoms with Gasteiger partial charge < -0.3 is 14.7 Å². The lowest BCUT2D eigenvalue weighted by atomic mass is 10.1. The highest BCUT2D eigenvalue weighted by atomic mass is 32.2. The summed E-state index contributed by atoms with van der Waals surface area (Å²) in [4.78, 5) is 24.8. The van der Waals surface area contributed by atoms with E-state index in [1.807, 2.05) is 13.8 Å². The second-order valence-electron chi connectivity index (χ2n) is 5.09. The minimum Gasteiger partial charge on any atom is -0.479 e. The van der Waals surface area contributed by atoms with E-state index < -0.39 is 29.0 Å². The smallest absolute Gasteiger partial charge is 0.332 e. The maximum atomic E-state index is 12.3. The van der Waals surface area contributed by atoms with Gasteiger partial charge in [0.1, 0.15) is 6.10 Å². The van der Waals surface area contributed by atoms with Crippen LogP contribution in [0.15, 0.2) is 0 Å². The Labute approximate surface area is 114 Å². The Morgan fingerprint density at radius 3 is 2.47 bits per heavy atom. The van der Waals surface area contributed by atoms with Crippen molar-refractivity contribution in [1.29, 1.82) is 0 Å². The average molecular weight is 289 g/mol. The molecule has 0 spiro atoms. The summed E-state index contributed by atoms with van der Waals surface area (Å²) in [5.41, 5.74) is 0. The molecule has 108 valence electrons. The van der Waals surface area contributed by atoms with Crippen LogP contribution in [0.4, 0.5) is 0 Å². The van der Waals surface area contributed by atoms with Gasteiger partial charge in [-0.3, -0.25) is 9.00 Å². The van der Waals surface area contributed by atoms with E-state index in [-0.39, 0.29) is 17.2 Å². The molecule has 2 rings (SSSR count). The zero-order valence-corrected chi connectivity index (χ0v) is 11.9. The number of hydrogen-bond acceptors (Lipinski definition) is 4. The number of carbonyl (C=O) groups is 2. The minimum absolute atomic E-state index is 0.0608. The first-order chi connectivity index (χ1) is 8.91. The van der Waals surface area contributed by atoms with E-state index in [1.165, 1.54) is 0 Å². The molecule has 0 aromatic heterocycles. The van der Waals surface area contributed by atoms with Crippen molar-refractivity contribution >= 4 is 22.7 Å². The summed E-state index contributed by atoms with van der Waals surface area (Å²) in [7, 11) is -0.897. The number of rotatable bonds is 2. The fourth-order valence-electron chi connectivity index (χ4n) is 2.55. The molecule has 2 heterocycles. The molecule has 2 aliphatic rings. The molecule has 0 aromatic rings. The van der Waals surface area contributed by atoms with Gasteiger partial charge in [-0.2, -0.15) is 0 Å². The number of hydrogen-bond donors (Lipinski definition) is 1. The normalized spacial score (nSPS) is 39.3. The summed E-state index contributed by atoms with van der Waals surface area (Å²) in [5.74, 6) is -0.706. The van der Waals surface area contributed by atoms with Crippen LogP contribution < -0.4 is 0 Å². The Morgan fingerprint density at radius 2 is 1.89 bits per heavy atom. The fourth-order valence-corrected chi connectivity index (χ4v) is 3.88. The lowest BCUT2D eigenvalue weighted by Gasteiger charge is -2.38. The van der Waals surface area contributed by atoms with Crippen molar-refractivity contribution in [3.8, 4) is 0 Å². The molecule has 5 atom stereocenters. The Hall–Kier alpha value is -0.950. The van der Waals surface area contributed by atoms with Crippen LogP contribution in [0.5, 0.6) is 0 Å². The third kappa shape index (κ3) is 2.81. The second-order valence-corrected chi connectivity index (χ2v) is 7.00. The highest BCUT2D eigenvalue weighted by molar-refractivity contribution is 7.85. The molecular formula is C12H19NO5S. The van der Waals surface area contributed by atoms with E-state index in [0.29, 0.717) is 25.1 Å². The highest BCUT2D eigenvalue weighted by Gasteiger charge is 2.40. The maximum absolute atomic E-state index is 12.3. The van der Waals surface area contributed by atoms with Crippen LogP contribution in [0, 0.1) is 0 Å². The fraction of sp³-hybridized carbons (Fsp3) is 0.833. The van der Waals surface area contributed by atoms with E-state index in [1.54, 1.807) is 4.90 Å². The van der Waals surface area contributed by atoms with Gasteiger partial charge in [-0.1, -0.05) is 0 Å². The van der Waals surface area contributed by atoms with Gasteiger partial charge in [0.05, 0.1) is 5.25 Å². The van der Waals surface area contributed by atoms with E-state index in [4.69, 9.17) is 9.84 Å². The van der Waals surface area contributed by atoms with Crippen molar-refractivity contribution in [2.45, 2.75) is 50.2 Å². The summed E-state index contributed by atoms with van der Waals surface area (Å²) < 4.78 is 17.0. The van der Waals surface area contributed by atoms with Crippen LogP contribution in [0.1, 0.15) is 26.7 Å². The topological polar surface area (TPSA) is 83.9 Å². The Bertz CT molecular complexity index is 413. The quantitative estimate of drug-likeness (QED) is 0.773. The summed E-state index contributed by atoms with van der Waals surface area (Å²) >= 11 is 0. The van der Waals surface area contributed by atoms with Crippen LogP contribution in [-0.4, -0.2) is 61.9 Å². The van der Waals surface area contributed by atoms with Gasteiger partial charge in [0.25, 0.3) is 5.91 Å². The predicted molar refractivity (Wildman–Crippen MR) is 69.2 cm³/mol. The van der Waals surface area contributed by atoms with E-state index in [2.05, 4.69) is 0 Å². The Morgan fingerprint density at radius 1 is 1.26 bits per heavy atom. The minimum atomic E-state index is -1.02. The zero-order chi connectivity index (χ0) is 14.2. The second kappa shape index (κ2) is 5.58. The number of carbonyl (C=O) groups excluding carboxylic acids is 1. The first-order valence-electron chi connectivity index (χ1n) is 6.47. The number of carboxylic acids is 1. The van der Waals surface area contributed by atoms with E-state index >= 15 is 0 Å². The average Bonchev–Trinajstić information content (AvgIpc) is 2.85. The molecule has 0 aromatic carbocycles. The van der Waals surface area contributed by atoms with Gasteiger partial charge in [-0.25, -0.2) is 4.79 Å². The van der Waals surface area contributed by atoms with Crippen LogP contribution in [0.25, 0.3) is 0 Å². The summed E-state index contributed by atoms with van der Waals surface area (Å²) in [6.45, 7) is 4.20. The van der Waals surface area contributed by atoms with Crippen molar-refractivity contribution in [2.24, 2.45) is 0 Å². The molecule has 19 heavy (non-hydrogen) atoms. The summed E-state index contributed by atoms with van der Waals surface area (Å²) in [6.07, 6.45) is -0.728. The lowest BCUT2D eigenvalue weighted by molar-refractivity contribution is -0.155. The molecule has 3 unspecified atom stereocenters. The van der Waals surface area contributed by atoms with Crippen molar-refractivity contribution in [1.82, 2.24) is 4.90 Å². The standard InChI is InChI=1S/C12H19NO5S/c1-7-8(2)19(17)6-5-13(7)11(14)9-3-4-10(18-9)12(15)16/h7-10H,3-6H2,1-2H3,(H,15,16)/t7?,8?,9-,10+,19?/m0/s1. The first-order valence-corrected chi connectivity index (χ1v) is 7.86. The molecule has 7 heteroatoms. The van der Waals surface area contributed by atoms with Crippen molar-refractivity contribution < 1.29 is 23.6 Å². The molecular weight excluding hydrogens is 270 g/mol. The molecule has 0 aliphatic carbocycles. The molecule has 2 aliphatic heterocycles. The van der Waals surface area contributed by atoms with Gasteiger partial charge in [0.2, 0.25) is 0 Å². The Balaban J connectivity index is 2.01. The number of carboxylic acid groups (broad SMARTS) is 1. The molecule has 1 amide bonds. The van der Waals surface area contributed by atoms with Crippen molar-refractivity contribution in [3.05, 3.63) is 0 Å². The van der Waals surface area contributed by atoms with Crippen molar-refractivity contribution in [2.75, 3.05) is 12.3 Å². The van der Waals surface area contributed by atoms with Crippen LogP contribution >= 0.6 is 0 Å². The molecule has 2 saturated heterocycles. The molecule has 0 bridgehead atoms. The number of aliphatic carboxylic acids is 1. The summed E-state index contributed by atoms with van der Waals surface area (Å²) in [6, 6.07) is -0.102. The lowest BCUT2D eigenvalue weighted by Crippen LogP contribution is -2.55. The van der Waals surface area contributed by atoms with Crippen LogP contribution in [-0.2, 0) is 25.1 Å². The van der Waals surface area contributed by atoms with Crippen LogP contribution in [0.2, 0.25) is 0 Å². The number of nitrogens with zero attached hydrogens (tertiary/aromatic N) is 1. The predicted octanol–water partition coefficient (Wildman–Crippen LogP) is -0.0135. The third-order valence-corrected chi connectivity index (χ3v) is 5.78. The zero-order valence-electron chi connectivity index (χ0n) is 11.1. The van der Waals surface area contributed by atoms with Crippen molar-refractivity contribution in [3.63, 3.8) is 0 Å². The monoisotopic (exact) mass is 289 g/mol. The largest absolute Gasteiger partial charge is 0.479 e. The maximum Gasteiger partial charge on any atom is 0.332 e.